The third kappa shape index (κ3) is 3.96. The number of hydrogen-bond acceptors (Lipinski definition) is 9. The van der Waals surface area contributed by atoms with Crippen LogP contribution in [0.5, 0.6) is 17.2 Å². The van der Waals surface area contributed by atoms with Gasteiger partial charge in [0.1, 0.15) is 52.3 Å². The summed E-state index contributed by atoms with van der Waals surface area (Å²) >= 11 is 0. The molecule has 0 radical (unpaired) electrons. The van der Waals surface area contributed by atoms with Gasteiger partial charge in [-0.3, -0.25) is 4.79 Å². The van der Waals surface area contributed by atoms with Gasteiger partial charge in [0.2, 0.25) is 0 Å². The third-order valence-electron chi connectivity index (χ3n) is 5.56. The molecule has 164 valence electrons. The highest BCUT2D eigenvalue weighted by atomic mass is 16.5. The zero-order valence-corrected chi connectivity index (χ0v) is 16.3. The van der Waals surface area contributed by atoms with E-state index in [-0.39, 0.29) is 40.4 Å². The van der Waals surface area contributed by atoms with Crippen molar-refractivity contribution in [1.29, 1.82) is 0 Å². The number of aliphatic hydroxyl groups excluding tert-OH is 4. The molecule has 5 atom stereocenters. The van der Waals surface area contributed by atoms with Crippen LogP contribution in [0.2, 0.25) is 0 Å². The zero-order chi connectivity index (χ0) is 22.3. The number of phenolic OH excluding ortho intramolecular Hbond substituents is 2. The Morgan fingerprint density at radius 3 is 2.35 bits per heavy atom. The molecule has 31 heavy (non-hydrogen) atoms. The molecule has 9 heteroatoms. The zero-order valence-electron chi connectivity index (χ0n) is 16.3. The van der Waals surface area contributed by atoms with E-state index >= 15 is 0 Å². The standard InChI is InChI=1S/C22H22O9/c23-9-11-5-18(21(28)22(29)20(11)27)30-13-6-14(25)19-15(26)8-16(31-17(19)7-13)10-1-3-12(24)4-2-10/h1-4,6-8,11,18,20-25,27-29H,5,9H2. The van der Waals surface area contributed by atoms with Crippen molar-refractivity contribution >= 4 is 11.0 Å². The summed E-state index contributed by atoms with van der Waals surface area (Å²) in [6.07, 6.45) is -5.14. The first-order valence-electron chi connectivity index (χ1n) is 9.70. The first-order valence-corrected chi connectivity index (χ1v) is 9.70. The van der Waals surface area contributed by atoms with Crippen molar-refractivity contribution in [2.45, 2.75) is 30.8 Å². The Morgan fingerprint density at radius 1 is 0.968 bits per heavy atom. The predicted molar refractivity (Wildman–Crippen MR) is 109 cm³/mol. The molecule has 3 aromatic rings. The Kier molecular flexibility index (Phi) is 5.59. The number of rotatable bonds is 4. The topological polar surface area (TPSA) is 161 Å². The molecular weight excluding hydrogens is 408 g/mol. The molecule has 1 fully saturated rings. The molecule has 1 aliphatic rings. The third-order valence-corrected chi connectivity index (χ3v) is 5.56. The Balaban J connectivity index is 1.71. The van der Waals surface area contributed by atoms with Crippen molar-refractivity contribution in [3.05, 3.63) is 52.7 Å². The SMILES string of the molecule is O=c1cc(-c2ccc(O)cc2)oc2cc(OC3CC(CO)C(O)C(O)C3O)cc(O)c12. The fraction of sp³-hybridized carbons (Fsp3) is 0.318. The molecule has 0 aliphatic heterocycles. The summed E-state index contributed by atoms with van der Waals surface area (Å²) in [4.78, 5) is 12.5. The largest absolute Gasteiger partial charge is 0.508 e. The lowest BCUT2D eigenvalue weighted by molar-refractivity contribution is -0.156. The molecule has 6 N–H and O–H groups in total. The lowest BCUT2D eigenvalue weighted by Crippen LogP contribution is -2.56. The first-order chi connectivity index (χ1) is 14.8. The fourth-order valence-electron chi connectivity index (χ4n) is 3.83. The highest BCUT2D eigenvalue weighted by Gasteiger charge is 2.43. The maximum atomic E-state index is 12.5. The van der Waals surface area contributed by atoms with Gasteiger partial charge in [-0.1, -0.05) is 0 Å². The van der Waals surface area contributed by atoms with Crippen molar-refractivity contribution in [3.8, 4) is 28.6 Å². The molecule has 0 amide bonds. The lowest BCUT2D eigenvalue weighted by atomic mass is 9.81. The maximum absolute atomic E-state index is 12.5. The monoisotopic (exact) mass is 430 g/mol. The summed E-state index contributed by atoms with van der Waals surface area (Å²) in [7, 11) is 0. The first kappa shape index (κ1) is 21.1. The molecule has 0 bridgehead atoms. The second-order valence-corrected chi connectivity index (χ2v) is 7.64. The molecule has 0 saturated heterocycles. The van der Waals surface area contributed by atoms with E-state index < -0.39 is 42.4 Å². The van der Waals surface area contributed by atoms with Gasteiger partial charge in [-0.25, -0.2) is 0 Å². The molecule has 9 nitrogen and oxygen atoms in total. The van der Waals surface area contributed by atoms with Gasteiger partial charge in [0, 0.05) is 36.3 Å². The van der Waals surface area contributed by atoms with E-state index in [0.717, 1.165) is 0 Å². The Morgan fingerprint density at radius 2 is 1.68 bits per heavy atom. The molecular formula is C22H22O9. The van der Waals surface area contributed by atoms with E-state index in [1.54, 1.807) is 12.1 Å². The average molecular weight is 430 g/mol. The highest BCUT2D eigenvalue weighted by molar-refractivity contribution is 5.86. The average Bonchev–Trinajstić information content (AvgIpc) is 2.74. The van der Waals surface area contributed by atoms with Crippen LogP contribution in [-0.2, 0) is 0 Å². The van der Waals surface area contributed by atoms with E-state index in [4.69, 9.17) is 9.15 Å². The summed E-state index contributed by atoms with van der Waals surface area (Å²) in [6, 6.07) is 9.82. The van der Waals surface area contributed by atoms with Gasteiger partial charge in [-0.05, 0) is 30.7 Å². The van der Waals surface area contributed by atoms with Crippen LogP contribution < -0.4 is 10.2 Å². The Bertz CT molecular complexity index is 1140. The number of hydrogen-bond donors (Lipinski definition) is 6. The molecule has 4 rings (SSSR count). The lowest BCUT2D eigenvalue weighted by Gasteiger charge is -2.39. The van der Waals surface area contributed by atoms with Crippen molar-refractivity contribution in [2.24, 2.45) is 5.92 Å². The second kappa shape index (κ2) is 8.20. The predicted octanol–water partition coefficient (Wildman–Crippen LogP) is 0.713. The summed E-state index contributed by atoms with van der Waals surface area (Å²) in [6.45, 7) is -0.404. The molecule has 1 heterocycles. The van der Waals surface area contributed by atoms with Crippen LogP contribution in [0.1, 0.15) is 6.42 Å². The number of benzene rings is 2. The van der Waals surface area contributed by atoms with Gasteiger partial charge in [0.15, 0.2) is 5.43 Å². The van der Waals surface area contributed by atoms with Crippen LogP contribution in [0.4, 0.5) is 0 Å². The summed E-state index contributed by atoms with van der Waals surface area (Å²) in [5, 5.41) is 59.4. The summed E-state index contributed by atoms with van der Waals surface area (Å²) in [5.74, 6) is -0.745. The van der Waals surface area contributed by atoms with Crippen molar-refractivity contribution < 1.29 is 39.8 Å². The van der Waals surface area contributed by atoms with Gasteiger partial charge in [-0.2, -0.15) is 0 Å². The minimum atomic E-state index is -1.51. The summed E-state index contributed by atoms with van der Waals surface area (Å²) < 4.78 is 11.5. The number of ether oxygens (including phenoxy) is 1. The number of aliphatic hydroxyl groups is 4. The molecule has 1 aromatic heterocycles. The van der Waals surface area contributed by atoms with Crippen LogP contribution in [0.15, 0.2) is 51.7 Å². The van der Waals surface area contributed by atoms with E-state index in [1.807, 2.05) is 0 Å². The van der Waals surface area contributed by atoms with E-state index in [0.29, 0.717) is 5.56 Å². The van der Waals surface area contributed by atoms with Crippen molar-refractivity contribution in [2.75, 3.05) is 6.61 Å². The normalized spacial score (nSPS) is 26.1. The van der Waals surface area contributed by atoms with Gasteiger partial charge in [0.25, 0.3) is 0 Å². The van der Waals surface area contributed by atoms with Crippen LogP contribution in [0.25, 0.3) is 22.3 Å². The minimum absolute atomic E-state index is 0.0372. The van der Waals surface area contributed by atoms with Crippen LogP contribution in [-0.4, -0.2) is 61.7 Å². The van der Waals surface area contributed by atoms with Crippen LogP contribution >= 0.6 is 0 Å². The van der Waals surface area contributed by atoms with Gasteiger partial charge < -0.3 is 39.8 Å². The van der Waals surface area contributed by atoms with Crippen molar-refractivity contribution in [3.63, 3.8) is 0 Å². The second-order valence-electron chi connectivity index (χ2n) is 7.64. The minimum Gasteiger partial charge on any atom is -0.508 e. The Labute approximate surface area is 176 Å². The maximum Gasteiger partial charge on any atom is 0.197 e. The number of aromatic hydroxyl groups is 2. The molecule has 1 saturated carbocycles. The van der Waals surface area contributed by atoms with Gasteiger partial charge >= 0.3 is 0 Å². The fourth-order valence-corrected chi connectivity index (χ4v) is 3.83. The number of fused-ring (bicyclic) bond motifs is 1. The van der Waals surface area contributed by atoms with Crippen LogP contribution in [0.3, 0.4) is 0 Å². The highest BCUT2D eigenvalue weighted by Crippen LogP contribution is 2.34. The molecule has 5 unspecified atom stereocenters. The van der Waals surface area contributed by atoms with Gasteiger partial charge in [-0.15, -0.1) is 0 Å². The molecule has 0 spiro atoms. The molecule has 1 aliphatic carbocycles. The molecule has 2 aromatic carbocycles. The summed E-state index contributed by atoms with van der Waals surface area (Å²) in [5.41, 5.74) is 0.0911. The quantitative estimate of drug-likeness (QED) is 0.350. The Hall–Kier alpha value is -3.11. The van der Waals surface area contributed by atoms with Crippen LogP contribution in [0, 0.1) is 5.92 Å². The number of phenols is 2. The van der Waals surface area contributed by atoms with E-state index in [1.165, 1.54) is 30.3 Å². The van der Waals surface area contributed by atoms with E-state index in [9.17, 15) is 35.4 Å². The van der Waals surface area contributed by atoms with Gasteiger partial charge in [0.05, 0.1) is 6.10 Å². The van der Waals surface area contributed by atoms with E-state index in [2.05, 4.69) is 0 Å². The van der Waals surface area contributed by atoms with Crippen molar-refractivity contribution in [1.82, 2.24) is 0 Å². The smallest absolute Gasteiger partial charge is 0.197 e.